The smallest absolute Gasteiger partial charge is 0.358 e. The number of rotatable bonds is 9. The number of nitrogens with one attached hydrogen (secondary N) is 1. The number of oxime groups is 1. The highest BCUT2D eigenvalue weighted by Crippen LogP contribution is 2.41. The van der Waals surface area contributed by atoms with E-state index in [9.17, 15) is 19.2 Å². The Balaban J connectivity index is 1.55. The van der Waals surface area contributed by atoms with Gasteiger partial charge >= 0.3 is 11.9 Å². The molecule has 0 saturated carbocycles. The molecule has 2 aromatic heterocycles. The van der Waals surface area contributed by atoms with Crippen LogP contribution in [0.25, 0.3) is 6.08 Å². The molecule has 0 aliphatic carbocycles. The van der Waals surface area contributed by atoms with Crippen LogP contribution in [0, 0.1) is 12.3 Å². The summed E-state index contributed by atoms with van der Waals surface area (Å²) in [5.74, 6) is -2.26. The first-order valence-electron chi connectivity index (χ1n) is 12.2. The summed E-state index contributed by atoms with van der Waals surface area (Å²) < 4.78 is 10.3. The van der Waals surface area contributed by atoms with Crippen molar-refractivity contribution in [2.45, 2.75) is 39.1 Å². The molecular weight excluding hydrogens is 593 g/mol. The Morgan fingerprint density at radius 3 is 2.61 bits per heavy atom. The number of carbonyl (C=O) groups excluding carboxylic acids is 4. The van der Waals surface area contributed by atoms with Gasteiger partial charge in [-0.3, -0.25) is 19.3 Å². The Hall–Kier alpha value is -3.76. The normalized spacial score (nSPS) is 19.1. The van der Waals surface area contributed by atoms with Crippen molar-refractivity contribution in [3.05, 3.63) is 44.5 Å². The maximum Gasteiger partial charge on any atom is 0.358 e. The topological polar surface area (TPSA) is 175 Å². The van der Waals surface area contributed by atoms with E-state index in [-0.39, 0.29) is 22.2 Å². The molecule has 4 rings (SSSR count). The number of esters is 2. The van der Waals surface area contributed by atoms with Crippen LogP contribution in [0.5, 0.6) is 0 Å². The third kappa shape index (κ3) is 6.60. The molecule has 0 spiro atoms. The van der Waals surface area contributed by atoms with Gasteiger partial charge in [0.05, 0.1) is 16.6 Å². The summed E-state index contributed by atoms with van der Waals surface area (Å²) in [6.07, 6.45) is 3.55. The Morgan fingerprint density at radius 2 is 2.00 bits per heavy atom. The van der Waals surface area contributed by atoms with E-state index in [4.69, 9.17) is 20.0 Å². The molecule has 1 fully saturated rings. The van der Waals surface area contributed by atoms with Gasteiger partial charge < -0.3 is 25.4 Å². The number of fused-ring (bicyclic) bond motifs is 1. The third-order valence-corrected chi connectivity index (χ3v) is 8.72. The van der Waals surface area contributed by atoms with Gasteiger partial charge in [0.2, 0.25) is 6.79 Å². The van der Waals surface area contributed by atoms with Crippen LogP contribution in [0.1, 0.15) is 37.0 Å². The number of nitrogens with zero attached hydrogens (tertiary/aromatic N) is 4. The van der Waals surface area contributed by atoms with Gasteiger partial charge in [0.15, 0.2) is 10.8 Å². The predicted octanol–water partition coefficient (Wildman–Crippen LogP) is 2.30. The summed E-state index contributed by atoms with van der Waals surface area (Å²) in [6.45, 7) is 6.27. The first-order valence-corrected chi connectivity index (χ1v) is 15.0. The minimum Gasteiger partial charge on any atom is -0.427 e. The highest BCUT2D eigenvalue weighted by Gasteiger charge is 2.54. The molecule has 0 aromatic carbocycles. The lowest BCUT2D eigenvalue weighted by atomic mass is 9.98. The molecule has 16 heteroatoms. The SMILES string of the molecule is CO/N=C(/C(=O)N[C@H]1C(=O)N2C(C(=O)OCOC(=O)C(C)(C)C)=C(/C=C/c3scnc3C)CS[C@H]12)c1csc(N)n1. The number of nitrogens with two attached hydrogens (primary N) is 1. The highest BCUT2D eigenvalue weighted by atomic mass is 32.2. The van der Waals surface area contributed by atoms with Gasteiger partial charge in [-0.1, -0.05) is 11.2 Å². The van der Waals surface area contributed by atoms with Gasteiger partial charge in [-0.05, 0) is 39.3 Å². The van der Waals surface area contributed by atoms with E-state index >= 15 is 0 Å². The number of hydrogen-bond acceptors (Lipinski definition) is 14. The number of ether oxygens (including phenoxy) is 2. The van der Waals surface area contributed by atoms with E-state index in [2.05, 4.69) is 20.4 Å². The fourth-order valence-corrected chi connectivity index (χ4v) is 6.29. The second-order valence-electron chi connectivity index (χ2n) is 9.80. The molecule has 2 aliphatic heterocycles. The molecule has 1 saturated heterocycles. The number of hydrogen-bond donors (Lipinski definition) is 2. The molecule has 41 heavy (non-hydrogen) atoms. The molecule has 2 aliphatic rings. The Kier molecular flexibility index (Phi) is 9.14. The zero-order valence-electron chi connectivity index (χ0n) is 22.8. The molecule has 0 unspecified atom stereocenters. The van der Waals surface area contributed by atoms with Crippen molar-refractivity contribution in [3.63, 3.8) is 0 Å². The van der Waals surface area contributed by atoms with Crippen LogP contribution >= 0.6 is 34.4 Å². The summed E-state index contributed by atoms with van der Waals surface area (Å²) in [4.78, 5) is 67.0. The molecule has 2 aromatic rings. The molecule has 218 valence electrons. The Bertz CT molecular complexity index is 1460. The number of amides is 2. The van der Waals surface area contributed by atoms with Gasteiger partial charge in [-0.2, -0.15) is 0 Å². The molecule has 4 heterocycles. The largest absolute Gasteiger partial charge is 0.427 e. The van der Waals surface area contributed by atoms with Gasteiger partial charge in [-0.15, -0.1) is 34.4 Å². The van der Waals surface area contributed by atoms with E-state index in [1.807, 2.05) is 13.0 Å². The molecular formula is C25H28N6O7S3. The van der Waals surface area contributed by atoms with E-state index in [1.165, 1.54) is 35.1 Å². The lowest BCUT2D eigenvalue weighted by molar-refractivity contribution is -0.173. The summed E-state index contributed by atoms with van der Waals surface area (Å²) in [5.41, 5.74) is 8.03. The van der Waals surface area contributed by atoms with E-state index < -0.39 is 47.4 Å². The van der Waals surface area contributed by atoms with Crippen molar-refractivity contribution in [2.24, 2.45) is 10.6 Å². The van der Waals surface area contributed by atoms with E-state index in [1.54, 1.807) is 37.7 Å². The van der Waals surface area contributed by atoms with Crippen LogP contribution in [0.15, 0.2) is 33.4 Å². The molecule has 2 atom stereocenters. The highest BCUT2D eigenvalue weighted by molar-refractivity contribution is 8.00. The number of allylic oxidation sites excluding steroid dienone is 1. The predicted molar refractivity (Wildman–Crippen MR) is 155 cm³/mol. The van der Waals surface area contributed by atoms with Crippen LogP contribution in [0.2, 0.25) is 0 Å². The zero-order valence-corrected chi connectivity index (χ0v) is 25.3. The monoisotopic (exact) mass is 620 g/mol. The van der Waals surface area contributed by atoms with Crippen molar-refractivity contribution >= 4 is 75.1 Å². The first-order chi connectivity index (χ1) is 19.4. The first kappa shape index (κ1) is 30.2. The Morgan fingerprint density at radius 1 is 1.24 bits per heavy atom. The fourth-order valence-electron chi connectivity index (χ4n) is 3.73. The van der Waals surface area contributed by atoms with Crippen molar-refractivity contribution in [3.8, 4) is 0 Å². The number of carbonyl (C=O) groups is 4. The number of anilines is 1. The minimum atomic E-state index is -0.957. The summed E-state index contributed by atoms with van der Waals surface area (Å²) >= 11 is 3.92. The van der Waals surface area contributed by atoms with Crippen molar-refractivity contribution < 1.29 is 33.5 Å². The number of β-lactam (4-membered cyclic amide) rings is 1. The van der Waals surface area contributed by atoms with Gasteiger partial charge in [-0.25, -0.2) is 14.8 Å². The molecule has 0 bridgehead atoms. The average Bonchev–Trinajstić information content (AvgIpc) is 3.54. The van der Waals surface area contributed by atoms with Crippen molar-refractivity contribution in [1.82, 2.24) is 20.2 Å². The van der Waals surface area contributed by atoms with Gasteiger partial charge in [0, 0.05) is 16.0 Å². The van der Waals surface area contributed by atoms with Crippen LogP contribution in [-0.2, 0) is 33.5 Å². The lowest BCUT2D eigenvalue weighted by Crippen LogP contribution is -2.71. The van der Waals surface area contributed by atoms with Crippen LogP contribution in [0.3, 0.4) is 0 Å². The summed E-state index contributed by atoms with van der Waals surface area (Å²) in [5, 5.41) is 7.59. The third-order valence-electron chi connectivity index (χ3n) is 5.85. The number of thioether (sulfide) groups is 1. The maximum absolute atomic E-state index is 13.3. The molecule has 3 N–H and O–H groups in total. The average molecular weight is 621 g/mol. The van der Waals surface area contributed by atoms with Crippen molar-refractivity contribution in [1.29, 1.82) is 0 Å². The van der Waals surface area contributed by atoms with Gasteiger partial charge in [0.25, 0.3) is 11.8 Å². The number of aryl methyl sites for hydroxylation is 1. The van der Waals surface area contributed by atoms with Crippen LogP contribution < -0.4 is 11.1 Å². The van der Waals surface area contributed by atoms with E-state index in [0.717, 1.165) is 21.9 Å². The minimum absolute atomic E-state index is 0.00697. The zero-order chi connectivity index (χ0) is 29.9. The maximum atomic E-state index is 13.3. The number of aromatic nitrogens is 2. The Labute approximate surface area is 247 Å². The van der Waals surface area contributed by atoms with Crippen LogP contribution in [-0.4, -0.2) is 75.4 Å². The number of thiazole rings is 2. The standard InChI is InChI=1S/C25H28N6O7S3/c1-12-15(41-10-27-12)7-6-13-8-39-21-17(29-19(32)16(30-36-5)14-9-40-24(26)28-14)20(33)31(21)18(13)22(34)37-11-38-23(35)25(2,3)4/h6-7,9-10,17,21H,8,11H2,1-5H3,(H2,26,28)(H,29,32)/b7-6+,30-16+/t17-,21+/m0/s1. The van der Waals surface area contributed by atoms with Crippen LogP contribution in [0.4, 0.5) is 5.13 Å². The van der Waals surface area contributed by atoms with E-state index in [0.29, 0.717) is 11.3 Å². The summed E-state index contributed by atoms with van der Waals surface area (Å²) in [6, 6.07) is -0.957. The number of nitrogen functional groups attached to an aromatic ring is 1. The van der Waals surface area contributed by atoms with Crippen molar-refractivity contribution in [2.75, 3.05) is 25.4 Å². The second kappa shape index (κ2) is 12.4. The fraction of sp³-hybridized carbons (Fsp3) is 0.400. The molecule has 0 radical (unpaired) electrons. The summed E-state index contributed by atoms with van der Waals surface area (Å²) in [7, 11) is 1.28. The molecule has 13 nitrogen and oxygen atoms in total. The quantitative estimate of drug-likeness (QED) is 0.138. The lowest BCUT2D eigenvalue weighted by Gasteiger charge is -2.49. The van der Waals surface area contributed by atoms with Gasteiger partial charge in [0.1, 0.15) is 29.9 Å². The second-order valence-corrected chi connectivity index (χ2v) is 12.7. The molecule has 2 amide bonds.